The van der Waals surface area contributed by atoms with E-state index >= 15 is 0 Å². The fourth-order valence-electron chi connectivity index (χ4n) is 1.37. The molecule has 0 atom stereocenters. The summed E-state index contributed by atoms with van der Waals surface area (Å²) >= 11 is 1.33. The summed E-state index contributed by atoms with van der Waals surface area (Å²) in [4.78, 5) is 28.9. The number of amides is 1. The largest absolute Gasteiger partial charge is 0.452 e. The van der Waals surface area contributed by atoms with Gasteiger partial charge in [0, 0.05) is 19.8 Å². The van der Waals surface area contributed by atoms with Gasteiger partial charge in [-0.1, -0.05) is 0 Å². The number of thioether (sulfide) groups is 1. The highest BCUT2D eigenvalue weighted by atomic mass is 32.2. The van der Waals surface area contributed by atoms with E-state index in [4.69, 9.17) is 10.00 Å². The number of aromatic nitrogens is 1. The van der Waals surface area contributed by atoms with Crippen LogP contribution in [-0.2, 0) is 9.53 Å². The van der Waals surface area contributed by atoms with Gasteiger partial charge in [0.2, 0.25) is 0 Å². The zero-order chi connectivity index (χ0) is 15.0. The third kappa shape index (κ3) is 4.55. The lowest BCUT2D eigenvalue weighted by atomic mass is 10.3. The van der Waals surface area contributed by atoms with Crippen LogP contribution < -0.4 is 0 Å². The van der Waals surface area contributed by atoms with Crippen LogP contribution >= 0.6 is 11.8 Å². The molecule has 0 fully saturated rings. The van der Waals surface area contributed by atoms with Gasteiger partial charge in [-0.15, -0.1) is 11.8 Å². The van der Waals surface area contributed by atoms with E-state index in [-0.39, 0.29) is 18.9 Å². The average molecular weight is 293 g/mol. The van der Waals surface area contributed by atoms with Crippen LogP contribution in [0.25, 0.3) is 0 Å². The van der Waals surface area contributed by atoms with Crippen LogP contribution in [0.5, 0.6) is 0 Å². The van der Waals surface area contributed by atoms with Crippen molar-refractivity contribution in [2.45, 2.75) is 11.4 Å². The SMILES string of the molecule is CSc1ncccc1C(=O)OCC(=O)N(C)CCC#N. The van der Waals surface area contributed by atoms with Crippen molar-refractivity contribution >= 4 is 23.6 Å². The molecule has 20 heavy (non-hydrogen) atoms. The Labute approximate surface area is 121 Å². The van der Waals surface area contributed by atoms with Gasteiger partial charge in [-0.3, -0.25) is 4.79 Å². The van der Waals surface area contributed by atoms with E-state index in [1.54, 1.807) is 31.6 Å². The number of hydrogen-bond acceptors (Lipinski definition) is 6. The van der Waals surface area contributed by atoms with Crippen LogP contribution in [0.3, 0.4) is 0 Å². The van der Waals surface area contributed by atoms with Crippen molar-refractivity contribution in [3.63, 3.8) is 0 Å². The molecular weight excluding hydrogens is 278 g/mol. The van der Waals surface area contributed by atoms with E-state index in [0.29, 0.717) is 17.1 Å². The first-order valence-electron chi connectivity index (χ1n) is 5.87. The molecule has 1 aromatic rings. The Kier molecular flexibility index (Phi) is 6.53. The summed E-state index contributed by atoms with van der Waals surface area (Å²) in [5, 5.41) is 9.00. The predicted molar refractivity (Wildman–Crippen MR) is 74.2 cm³/mol. The number of hydrogen-bond donors (Lipinski definition) is 0. The lowest BCUT2D eigenvalue weighted by Gasteiger charge is -2.15. The molecule has 6 nitrogen and oxygen atoms in total. The Morgan fingerprint density at radius 1 is 1.55 bits per heavy atom. The van der Waals surface area contributed by atoms with Gasteiger partial charge in [0.15, 0.2) is 6.61 Å². The van der Waals surface area contributed by atoms with Crippen LogP contribution in [0.15, 0.2) is 23.4 Å². The molecule has 0 spiro atoms. The summed E-state index contributed by atoms with van der Waals surface area (Å²) in [5.41, 5.74) is 0.340. The number of carbonyl (C=O) groups excluding carboxylic acids is 2. The summed E-state index contributed by atoms with van der Waals surface area (Å²) in [7, 11) is 1.56. The van der Waals surface area contributed by atoms with E-state index in [0.717, 1.165) is 0 Å². The zero-order valence-electron chi connectivity index (χ0n) is 11.3. The molecule has 0 saturated heterocycles. The van der Waals surface area contributed by atoms with Crippen LogP contribution in [-0.4, -0.2) is 48.2 Å². The summed E-state index contributed by atoms with van der Waals surface area (Å²) in [6.45, 7) is -0.0285. The highest BCUT2D eigenvalue weighted by Gasteiger charge is 2.16. The molecule has 0 radical (unpaired) electrons. The Balaban J connectivity index is 2.55. The van der Waals surface area contributed by atoms with Crippen LogP contribution in [0.4, 0.5) is 0 Å². The number of likely N-dealkylation sites (N-methyl/N-ethyl adjacent to an activating group) is 1. The molecule has 0 aliphatic heterocycles. The van der Waals surface area contributed by atoms with Gasteiger partial charge in [0.05, 0.1) is 18.1 Å². The third-order valence-electron chi connectivity index (χ3n) is 2.50. The van der Waals surface area contributed by atoms with Gasteiger partial charge in [-0.2, -0.15) is 5.26 Å². The summed E-state index contributed by atoms with van der Waals surface area (Å²) < 4.78 is 4.97. The van der Waals surface area contributed by atoms with Crippen molar-refractivity contribution in [2.24, 2.45) is 0 Å². The van der Waals surface area contributed by atoms with E-state index in [2.05, 4.69) is 4.98 Å². The van der Waals surface area contributed by atoms with Gasteiger partial charge in [0.25, 0.3) is 5.91 Å². The summed E-state index contributed by atoms with van der Waals surface area (Å²) in [5.74, 6) is -0.923. The first-order valence-corrected chi connectivity index (χ1v) is 7.09. The highest BCUT2D eigenvalue weighted by Crippen LogP contribution is 2.17. The molecular formula is C13H15N3O3S. The number of esters is 1. The smallest absolute Gasteiger partial charge is 0.341 e. The van der Waals surface area contributed by atoms with Gasteiger partial charge in [0.1, 0.15) is 5.03 Å². The minimum Gasteiger partial charge on any atom is -0.452 e. The number of nitrogens with zero attached hydrogens (tertiary/aromatic N) is 3. The van der Waals surface area contributed by atoms with Gasteiger partial charge in [-0.05, 0) is 18.4 Å². The molecule has 1 amide bonds. The van der Waals surface area contributed by atoms with Crippen molar-refractivity contribution in [3.05, 3.63) is 23.9 Å². The number of pyridine rings is 1. The molecule has 0 saturated carbocycles. The van der Waals surface area contributed by atoms with Gasteiger partial charge in [-0.25, -0.2) is 9.78 Å². The van der Waals surface area contributed by atoms with Gasteiger partial charge < -0.3 is 9.64 Å². The van der Waals surface area contributed by atoms with Crippen LogP contribution in [0.2, 0.25) is 0 Å². The predicted octanol–water partition coefficient (Wildman–Crippen LogP) is 1.33. The Morgan fingerprint density at radius 3 is 2.95 bits per heavy atom. The molecule has 0 unspecified atom stereocenters. The third-order valence-corrected chi connectivity index (χ3v) is 3.21. The molecule has 7 heteroatoms. The molecule has 106 valence electrons. The van der Waals surface area contributed by atoms with Crippen LogP contribution in [0.1, 0.15) is 16.8 Å². The average Bonchev–Trinajstić information content (AvgIpc) is 2.49. The quantitative estimate of drug-likeness (QED) is 0.581. The second-order valence-electron chi connectivity index (χ2n) is 3.86. The summed E-state index contributed by atoms with van der Waals surface area (Å²) in [6.07, 6.45) is 3.64. The number of carbonyl (C=O) groups is 2. The molecule has 0 aliphatic rings. The first kappa shape index (κ1) is 16.0. The monoisotopic (exact) mass is 293 g/mol. The first-order chi connectivity index (χ1) is 9.60. The zero-order valence-corrected chi connectivity index (χ0v) is 12.1. The van der Waals surface area contributed by atoms with Crippen LogP contribution in [0, 0.1) is 11.3 Å². The topological polar surface area (TPSA) is 83.3 Å². The van der Waals surface area contributed by atoms with Crippen molar-refractivity contribution < 1.29 is 14.3 Å². The van der Waals surface area contributed by atoms with E-state index in [1.807, 2.05) is 6.07 Å². The number of nitriles is 1. The molecule has 0 bridgehead atoms. The fourth-order valence-corrected chi connectivity index (χ4v) is 1.90. The maximum Gasteiger partial charge on any atom is 0.341 e. The molecule has 1 aromatic heterocycles. The van der Waals surface area contributed by atoms with Crippen molar-refractivity contribution in [1.29, 1.82) is 5.26 Å². The highest BCUT2D eigenvalue weighted by molar-refractivity contribution is 7.98. The fraction of sp³-hybridized carbons (Fsp3) is 0.385. The Morgan fingerprint density at radius 2 is 2.30 bits per heavy atom. The normalized spacial score (nSPS) is 9.65. The maximum atomic E-state index is 11.9. The lowest BCUT2D eigenvalue weighted by molar-refractivity contribution is -0.133. The molecule has 0 N–H and O–H groups in total. The second kappa shape index (κ2) is 8.17. The number of ether oxygens (including phenoxy) is 1. The summed E-state index contributed by atoms with van der Waals surface area (Å²) in [6, 6.07) is 5.18. The molecule has 0 aliphatic carbocycles. The van der Waals surface area contributed by atoms with Gasteiger partial charge >= 0.3 is 5.97 Å². The van der Waals surface area contributed by atoms with Crippen molar-refractivity contribution in [2.75, 3.05) is 26.5 Å². The maximum absolute atomic E-state index is 11.9. The molecule has 0 aromatic carbocycles. The second-order valence-corrected chi connectivity index (χ2v) is 4.65. The Bertz CT molecular complexity index is 528. The minimum atomic E-state index is -0.579. The standard InChI is InChI=1S/C13H15N3O3S/c1-16(8-4-6-14)11(17)9-19-13(18)10-5-3-7-15-12(10)20-2/h3,5,7H,4,8-9H2,1-2H3. The Hall–Kier alpha value is -2.07. The number of rotatable bonds is 6. The molecule has 1 heterocycles. The van der Waals surface area contributed by atoms with E-state index in [9.17, 15) is 9.59 Å². The molecule has 1 rings (SSSR count). The van der Waals surface area contributed by atoms with Crippen molar-refractivity contribution in [3.8, 4) is 6.07 Å². The van der Waals surface area contributed by atoms with Crippen molar-refractivity contribution in [1.82, 2.24) is 9.88 Å². The van der Waals surface area contributed by atoms with E-state index < -0.39 is 5.97 Å². The minimum absolute atomic E-state index is 0.245. The van der Waals surface area contributed by atoms with E-state index in [1.165, 1.54) is 16.7 Å². The lowest BCUT2D eigenvalue weighted by Crippen LogP contribution is -2.32.